The summed E-state index contributed by atoms with van der Waals surface area (Å²) in [5.41, 5.74) is 2.96. The fraction of sp³-hybridized carbons (Fsp3) is 0.227. The summed E-state index contributed by atoms with van der Waals surface area (Å²) in [6, 6.07) is 13.3. The Morgan fingerprint density at radius 1 is 1.21 bits per heavy atom. The molecule has 0 unspecified atom stereocenters. The lowest BCUT2D eigenvalue weighted by Crippen LogP contribution is -2.23. The number of rotatable bonds is 9. The van der Waals surface area contributed by atoms with Crippen molar-refractivity contribution in [1.29, 1.82) is 0 Å². The first-order valence-electron chi connectivity index (χ1n) is 9.27. The van der Waals surface area contributed by atoms with Crippen LogP contribution in [0.5, 0.6) is 5.75 Å². The van der Waals surface area contributed by atoms with Gasteiger partial charge in [-0.2, -0.15) is 5.10 Å². The highest BCUT2D eigenvalue weighted by Crippen LogP contribution is 2.14. The number of ether oxygens (including phenoxy) is 1. The van der Waals surface area contributed by atoms with Gasteiger partial charge >= 0.3 is 0 Å². The second kappa shape index (κ2) is 10.1. The molecule has 0 spiro atoms. The summed E-state index contributed by atoms with van der Waals surface area (Å²) in [5.74, 6) is 0.660. The molecule has 6 nitrogen and oxygen atoms in total. The zero-order valence-corrected chi connectivity index (χ0v) is 15.9. The molecular weight excluding hydrogens is 352 g/mol. The van der Waals surface area contributed by atoms with Crippen LogP contribution >= 0.6 is 0 Å². The molecule has 0 bridgehead atoms. The van der Waals surface area contributed by atoms with Crippen LogP contribution in [0, 0.1) is 6.92 Å². The monoisotopic (exact) mass is 376 g/mol. The maximum Gasteiger partial charge on any atom is 0.244 e. The quantitative estimate of drug-likeness (QED) is 0.459. The van der Waals surface area contributed by atoms with Crippen LogP contribution in [0.25, 0.3) is 6.08 Å². The summed E-state index contributed by atoms with van der Waals surface area (Å²) in [5, 5.41) is 7.10. The molecule has 0 aliphatic carbocycles. The van der Waals surface area contributed by atoms with Crippen molar-refractivity contribution in [2.45, 2.75) is 26.5 Å². The molecule has 0 radical (unpaired) electrons. The average Bonchev–Trinajstić information content (AvgIpc) is 3.15. The number of nitrogens with one attached hydrogen (secondary N) is 1. The van der Waals surface area contributed by atoms with Gasteiger partial charge in [0.1, 0.15) is 12.4 Å². The van der Waals surface area contributed by atoms with Crippen LogP contribution in [0.3, 0.4) is 0 Å². The fourth-order valence-corrected chi connectivity index (χ4v) is 2.59. The number of carbonyl (C=O) groups is 1. The number of aryl methyl sites for hydroxylation is 2. The van der Waals surface area contributed by atoms with Gasteiger partial charge in [0.2, 0.25) is 5.91 Å². The van der Waals surface area contributed by atoms with Crippen molar-refractivity contribution in [1.82, 2.24) is 20.1 Å². The number of hydrogen-bond acceptors (Lipinski definition) is 4. The number of pyridine rings is 1. The average molecular weight is 376 g/mol. The van der Waals surface area contributed by atoms with Gasteiger partial charge in [-0.1, -0.05) is 18.2 Å². The smallest absolute Gasteiger partial charge is 0.244 e. The minimum atomic E-state index is -0.105. The Labute approximate surface area is 164 Å². The molecular formula is C22H24N4O2. The van der Waals surface area contributed by atoms with Crippen molar-refractivity contribution in [3.05, 3.63) is 84.0 Å². The maximum atomic E-state index is 11.9. The van der Waals surface area contributed by atoms with E-state index in [1.165, 1.54) is 0 Å². The van der Waals surface area contributed by atoms with Crippen LogP contribution in [0.4, 0.5) is 0 Å². The van der Waals surface area contributed by atoms with Gasteiger partial charge in [0.15, 0.2) is 0 Å². The van der Waals surface area contributed by atoms with Gasteiger partial charge in [0.05, 0.1) is 11.9 Å². The molecule has 3 rings (SSSR count). The van der Waals surface area contributed by atoms with Gasteiger partial charge in [-0.15, -0.1) is 0 Å². The molecule has 3 aromatic rings. The van der Waals surface area contributed by atoms with Crippen molar-refractivity contribution in [2.24, 2.45) is 0 Å². The molecule has 144 valence electrons. The summed E-state index contributed by atoms with van der Waals surface area (Å²) in [4.78, 5) is 16.1. The van der Waals surface area contributed by atoms with Crippen molar-refractivity contribution in [3.63, 3.8) is 0 Å². The molecule has 0 saturated carbocycles. The van der Waals surface area contributed by atoms with E-state index in [0.717, 1.165) is 35.5 Å². The van der Waals surface area contributed by atoms with Gasteiger partial charge in [-0.25, -0.2) is 0 Å². The third-order valence-corrected chi connectivity index (χ3v) is 4.05. The van der Waals surface area contributed by atoms with Crippen molar-refractivity contribution in [2.75, 3.05) is 6.54 Å². The third-order valence-electron chi connectivity index (χ3n) is 4.05. The highest BCUT2D eigenvalue weighted by molar-refractivity contribution is 5.91. The first-order valence-corrected chi connectivity index (χ1v) is 9.27. The molecule has 1 N–H and O–H groups in total. The normalized spacial score (nSPS) is 10.9. The van der Waals surface area contributed by atoms with Crippen LogP contribution in [-0.2, 0) is 17.9 Å². The molecule has 0 atom stereocenters. The van der Waals surface area contributed by atoms with Gasteiger partial charge < -0.3 is 10.1 Å². The SMILES string of the molecule is Cc1cnn(CCCNC(=O)/C=C/c2ccc(OCc3ccccn3)cc2)c1. The number of benzene rings is 1. The molecule has 1 amide bonds. The van der Waals surface area contributed by atoms with E-state index in [4.69, 9.17) is 4.74 Å². The first-order chi connectivity index (χ1) is 13.7. The van der Waals surface area contributed by atoms with Gasteiger partial charge in [0.25, 0.3) is 0 Å². The molecule has 0 aliphatic heterocycles. The van der Waals surface area contributed by atoms with Crippen LogP contribution in [0.1, 0.15) is 23.2 Å². The Bertz CT molecular complexity index is 902. The van der Waals surface area contributed by atoms with E-state index < -0.39 is 0 Å². The highest BCUT2D eigenvalue weighted by atomic mass is 16.5. The predicted octanol–water partition coefficient (Wildman–Crippen LogP) is 3.39. The zero-order valence-electron chi connectivity index (χ0n) is 15.9. The summed E-state index contributed by atoms with van der Waals surface area (Å²) in [7, 11) is 0. The van der Waals surface area contributed by atoms with Crippen molar-refractivity contribution in [3.8, 4) is 5.75 Å². The van der Waals surface area contributed by atoms with Gasteiger partial charge in [-0.05, 0) is 54.8 Å². The number of nitrogens with zero attached hydrogens (tertiary/aromatic N) is 3. The Hall–Kier alpha value is -3.41. The Morgan fingerprint density at radius 3 is 2.79 bits per heavy atom. The minimum Gasteiger partial charge on any atom is -0.487 e. The molecule has 1 aromatic carbocycles. The molecule has 2 heterocycles. The predicted molar refractivity (Wildman–Crippen MR) is 109 cm³/mol. The fourth-order valence-electron chi connectivity index (χ4n) is 2.59. The molecule has 0 saturated heterocycles. The number of aromatic nitrogens is 3. The molecule has 2 aromatic heterocycles. The molecule has 0 fully saturated rings. The van der Waals surface area contributed by atoms with E-state index in [0.29, 0.717) is 13.2 Å². The van der Waals surface area contributed by atoms with E-state index >= 15 is 0 Å². The van der Waals surface area contributed by atoms with E-state index in [1.54, 1.807) is 18.3 Å². The highest BCUT2D eigenvalue weighted by Gasteiger charge is 1.99. The number of amides is 1. The first kappa shape index (κ1) is 19.4. The number of carbonyl (C=O) groups excluding carboxylic acids is 1. The molecule has 0 aliphatic rings. The molecule has 28 heavy (non-hydrogen) atoms. The lowest BCUT2D eigenvalue weighted by atomic mass is 10.2. The van der Waals surface area contributed by atoms with E-state index in [1.807, 2.05) is 66.5 Å². The second-order valence-electron chi connectivity index (χ2n) is 6.44. The van der Waals surface area contributed by atoms with Crippen LogP contribution < -0.4 is 10.1 Å². The summed E-state index contributed by atoms with van der Waals surface area (Å²) >= 11 is 0. The lowest BCUT2D eigenvalue weighted by molar-refractivity contribution is -0.116. The van der Waals surface area contributed by atoms with Gasteiger partial charge in [0, 0.05) is 31.6 Å². The maximum absolute atomic E-state index is 11.9. The lowest BCUT2D eigenvalue weighted by Gasteiger charge is -2.06. The van der Waals surface area contributed by atoms with E-state index in [9.17, 15) is 4.79 Å². The summed E-state index contributed by atoms with van der Waals surface area (Å²) in [6.07, 6.45) is 9.73. The van der Waals surface area contributed by atoms with E-state index in [-0.39, 0.29) is 5.91 Å². The van der Waals surface area contributed by atoms with E-state index in [2.05, 4.69) is 15.4 Å². The second-order valence-corrected chi connectivity index (χ2v) is 6.44. The van der Waals surface area contributed by atoms with Crippen LogP contribution in [0.15, 0.2) is 67.1 Å². The van der Waals surface area contributed by atoms with Crippen LogP contribution in [0.2, 0.25) is 0 Å². The Kier molecular flexibility index (Phi) is 6.95. The topological polar surface area (TPSA) is 69.0 Å². The number of hydrogen-bond donors (Lipinski definition) is 1. The third kappa shape index (κ3) is 6.39. The summed E-state index contributed by atoms with van der Waals surface area (Å²) in [6.45, 7) is 3.84. The van der Waals surface area contributed by atoms with Crippen molar-refractivity contribution < 1.29 is 9.53 Å². The van der Waals surface area contributed by atoms with Crippen LogP contribution in [-0.4, -0.2) is 27.2 Å². The standard InChI is InChI=1S/C22H24N4O2/c1-18-15-25-26(16-18)14-4-13-24-22(27)11-8-19-6-9-21(10-7-19)28-17-20-5-2-3-12-23-20/h2-3,5-12,15-16H,4,13-14,17H2,1H3,(H,24,27)/b11-8+. The van der Waals surface area contributed by atoms with Crippen molar-refractivity contribution >= 4 is 12.0 Å². The Balaban J connectivity index is 1.37. The molecule has 6 heteroatoms. The zero-order chi connectivity index (χ0) is 19.6. The largest absolute Gasteiger partial charge is 0.487 e. The Morgan fingerprint density at radius 2 is 2.07 bits per heavy atom. The summed E-state index contributed by atoms with van der Waals surface area (Å²) < 4.78 is 7.59. The minimum absolute atomic E-state index is 0.105. The van der Waals surface area contributed by atoms with Gasteiger partial charge in [-0.3, -0.25) is 14.5 Å².